The quantitative estimate of drug-likeness (QED) is 0.825. The number of para-hydroxylation sites is 1. The van der Waals surface area contributed by atoms with Gasteiger partial charge in [-0.25, -0.2) is 4.99 Å². The van der Waals surface area contributed by atoms with Crippen LogP contribution in [0, 0.1) is 0 Å². The van der Waals surface area contributed by atoms with Crippen LogP contribution < -0.4 is 5.32 Å². The summed E-state index contributed by atoms with van der Waals surface area (Å²) in [5.74, 6) is 1.74. The van der Waals surface area contributed by atoms with Crippen molar-refractivity contribution in [3.63, 3.8) is 0 Å². The first-order chi connectivity index (χ1) is 11.9. The first-order valence-corrected chi connectivity index (χ1v) is 9.71. The van der Waals surface area contributed by atoms with Crippen LogP contribution in [0.25, 0.3) is 0 Å². The van der Waals surface area contributed by atoms with E-state index in [4.69, 9.17) is 16.6 Å². The largest absolute Gasteiger partial charge is 0.354 e. The summed E-state index contributed by atoms with van der Waals surface area (Å²) in [5, 5.41) is 3.42. The summed E-state index contributed by atoms with van der Waals surface area (Å²) < 4.78 is 0. The van der Waals surface area contributed by atoms with E-state index in [1.807, 2.05) is 11.8 Å². The first kappa shape index (κ1) is 16.0. The Morgan fingerprint density at radius 1 is 1.08 bits per heavy atom. The molecule has 1 saturated heterocycles. The molecule has 0 unspecified atom stereocenters. The molecule has 1 N–H and O–H groups in total. The van der Waals surface area contributed by atoms with Gasteiger partial charge >= 0.3 is 0 Å². The van der Waals surface area contributed by atoms with Crippen LogP contribution in [0.15, 0.2) is 57.2 Å². The molecule has 2 heterocycles. The molecule has 3 nitrogen and oxygen atoms in total. The number of hydrogen-bond acceptors (Lipinski definition) is 4. The number of aryl methyl sites for hydroxylation is 1. The molecule has 124 valence electrons. The van der Waals surface area contributed by atoms with Crippen LogP contribution in [-0.2, 0) is 6.42 Å². The Morgan fingerprint density at radius 2 is 1.92 bits per heavy atom. The topological polar surface area (TPSA) is 27.6 Å². The van der Waals surface area contributed by atoms with Gasteiger partial charge in [0.15, 0.2) is 0 Å². The molecule has 2 aliphatic rings. The van der Waals surface area contributed by atoms with Crippen molar-refractivity contribution >= 4 is 34.9 Å². The van der Waals surface area contributed by atoms with Crippen molar-refractivity contribution in [2.45, 2.75) is 16.2 Å². The van der Waals surface area contributed by atoms with E-state index >= 15 is 0 Å². The minimum Gasteiger partial charge on any atom is -0.354 e. The molecule has 2 aromatic carbocycles. The number of aliphatic imine (C=N–C) groups is 1. The van der Waals surface area contributed by atoms with Crippen LogP contribution in [0.5, 0.6) is 0 Å². The zero-order chi connectivity index (χ0) is 16.4. The summed E-state index contributed by atoms with van der Waals surface area (Å²) in [7, 11) is 0. The lowest BCUT2D eigenvalue weighted by molar-refractivity contribution is 0.357. The molecule has 0 spiro atoms. The summed E-state index contributed by atoms with van der Waals surface area (Å²) in [6.45, 7) is 3.99. The number of alkyl halides is 1. The highest BCUT2D eigenvalue weighted by Gasteiger charge is 2.24. The van der Waals surface area contributed by atoms with Gasteiger partial charge in [0.05, 0.1) is 5.69 Å². The lowest BCUT2D eigenvalue weighted by Gasteiger charge is -2.31. The maximum Gasteiger partial charge on any atom is 0.137 e. The van der Waals surface area contributed by atoms with Gasteiger partial charge in [0.1, 0.15) is 5.84 Å². The number of rotatable bonds is 2. The van der Waals surface area contributed by atoms with Gasteiger partial charge in [-0.15, -0.1) is 11.6 Å². The highest BCUT2D eigenvalue weighted by molar-refractivity contribution is 7.99. The van der Waals surface area contributed by atoms with Crippen molar-refractivity contribution in [3.05, 3.63) is 53.6 Å². The molecule has 5 heteroatoms. The maximum atomic E-state index is 6.05. The minimum absolute atomic E-state index is 0.638. The van der Waals surface area contributed by atoms with Crippen LogP contribution >= 0.6 is 23.4 Å². The van der Waals surface area contributed by atoms with E-state index in [-0.39, 0.29) is 0 Å². The van der Waals surface area contributed by atoms with E-state index in [1.165, 1.54) is 20.9 Å². The number of nitrogens with zero attached hydrogens (tertiary/aromatic N) is 2. The fourth-order valence-corrected chi connectivity index (χ4v) is 4.58. The molecule has 2 aromatic rings. The Hall–Kier alpha value is -1.49. The highest BCUT2D eigenvalue weighted by Crippen LogP contribution is 2.42. The molecule has 0 saturated carbocycles. The van der Waals surface area contributed by atoms with E-state index in [0.29, 0.717) is 5.88 Å². The number of amidine groups is 1. The molecule has 0 aromatic heterocycles. The van der Waals surface area contributed by atoms with Gasteiger partial charge in [-0.1, -0.05) is 42.1 Å². The summed E-state index contributed by atoms with van der Waals surface area (Å²) in [6.07, 6.45) is 0.884. The number of halogens is 1. The Labute approximate surface area is 152 Å². The van der Waals surface area contributed by atoms with Crippen LogP contribution in [-0.4, -0.2) is 42.8 Å². The molecule has 0 amide bonds. The molecular weight excluding hydrogens is 338 g/mol. The van der Waals surface area contributed by atoms with Crippen molar-refractivity contribution in [2.75, 3.05) is 32.1 Å². The summed E-state index contributed by atoms with van der Waals surface area (Å²) in [5.41, 5.74) is 3.61. The third-order valence-corrected chi connectivity index (χ3v) is 5.86. The second kappa shape index (κ2) is 7.18. The van der Waals surface area contributed by atoms with Crippen molar-refractivity contribution in [3.8, 4) is 0 Å². The fraction of sp³-hybridized carbons (Fsp3) is 0.316. The highest BCUT2D eigenvalue weighted by atomic mass is 35.5. The lowest BCUT2D eigenvalue weighted by atomic mass is 10.1. The molecule has 2 aliphatic heterocycles. The Bertz CT molecular complexity index is 769. The summed E-state index contributed by atoms with van der Waals surface area (Å²) in [6, 6.07) is 14.9. The van der Waals surface area contributed by atoms with Gasteiger partial charge in [-0.05, 0) is 24.1 Å². The molecule has 24 heavy (non-hydrogen) atoms. The third kappa shape index (κ3) is 3.06. The molecule has 1 fully saturated rings. The smallest absolute Gasteiger partial charge is 0.137 e. The first-order valence-electron chi connectivity index (χ1n) is 8.36. The van der Waals surface area contributed by atoms with E-state index < -0.39 is 0 Å². The second-order valence-corrected chi connectivity index (χ2v) is 7.41. The molecular formula is C19H20ClN3S. The Morgan fingerprint density at radius 3 is 2.75 bits per heavy atom. The Balaban J connectivity index is 1.88. The number of nitrogens with one attached hydrogen (secondary N) is 1. The van der Waals surface area contributed by atoms with Crippen LogP contribution in [0.3, 0.4) is 0 Å². The van der Waals surface area contributed by atoms with E-state index in [1.54, 1.807) is 0 Å². The predicted molar refractivity (Wildman–Crippen MR) is 102 cm³/mol. The standard InChI is InChI=1S/C19H20ClN3S/c20-9-8-14-4-3-5-15-18(14)24-17-7-2-1-6-16(17)22-19(15)23-12-10-21-11-13-23/h1-7,21H,8-13H2. The fourth-order valence-electron chi connectivity index (χ4n) is 3.22. The third-order valence-electron chi connectivity index (χ3n) is 4.42. The molecule has 0 atom stereocenters. The van der Waals surface area contributed by atoms with Crippen molar-refractivity contribution in [2.24, 2.45) is 4.99 Å². The van der Waals surface area contributed by atoms with Crippen molar-refractivity contribution in [1.29, 1.82) is 0 Å². The summed E-state index contributed by atoms with van der Waals surface area (Å²) in [4.78, 5) is 9.99. The van der Waals surface area contributed by atoms with Gasteiger partial charge < -0.3 is 10.2 Å². The number of fused-ring (bicyclic) bond motifs is 2. The van der Waals surface area contributed by atoms with Gasteiger partial charge in [-0.3, -0.25) is 0 Å². The average molecular weight is 358 g/mol. The Kier molecular flexibility index (Phi) is 4.79. The van der Waals surface area contributed by atoms with E-state index in [9.17, 15) is 0 Å². The van der Waals surface area contributed by atoms with Crippen LogP contribution in [0.1, 0.15) is 11.1 Å². The average Bonchev–Trinajstić information content (AvgIpc) is 2.80. The van der Waals surface area contributed by atoms with Gasteiger partial charge in [0.2, 0.25) is 0 Å². The van der Waals surface area contributed by atoms with Crippen LogP contribution in [0.2, 0.25) is 0 Å². The zero-order valence-electron chi connectivity index (χ0n) is 13.5. The van der Waals surface area contributed by atoms with Gasteiger partial charge in [0, 0.05) is 47.4 Å². The second-order valence-electron chi connectivity index (χ2n) is 5.98. The number of benzene rings is 2. The van der Waals surface area contributed by atoms with Crippen molar-refractivity contribution < 1.29 is 0 Å². The SMILES string of the molecule is ClCCc1cccc2c1Sc1ccccc1N=C2N1CCNCC1. The summed E-state index contributed by atoms with van der Waals surface area (Å²) >= 11 is 7.87. The molecule has 0 aliphatic carbocycles. The van der Waals surface area contributed by atoms with E-state index in [2.05, 4.69) is 52.7 Å². The minimum atomic E-state index is 0.638. The van der Waals surface area contributed by atoms with E-state index in [0.717, 1.165) is 44.1 Å². The zero-order valence-corrected chi connectivity index (χ0v) is 15.0. The number of piperazine rings is 1. The van der Waals surface area contributed by atoms with Gasteiger partial charge in [-0.2, -0.15) is 0 Å². The number of hydrogen-bond donors (Lipinski definition) is 1. The normalized spacial score (nSPS) is 16.9. The van der Waals surface area contributed by atoms with Crippen LogP contribution in [0.4, 0.5) is 5.69 Å². The van der Waals surface area contributed by atoms with Gasteiger partial charge in [0.25, 0.3) is 0 Å². The molecule has 4 rings (SSSR count). The predicted octanol–water partition coefficient (Wildman–Crippen LogP) is 3.92. The maximum absolute atomic E-state index is 6.05. The lowest BCUT2D eigenvalue weighted by Crippen LogP contribution is -2.46. The monoisotopic (exact) mass is 357 g/mol. The van der Waals surface area contributed by atoms with Crippen molar-refractivity contribution in [1.82, 2.24) is 10.2 Å². The molecule has 0 bridgehead atoms. The molecule has 0 radical (unpaired) electrons.